The second-order valence-corrected chi connectivity index (χ2v) is 4.58. The molecule has 0 saturated carbocycles. The van der Waals surface area contributed by atoms with Crippen LogP contribution in [0.1, 0.15) is 12.8 Å². The number of carbonyl (C=O) groups is 3. The van der Waals surface area contributed by atoms with Crippen molar-refractivity contribution in [1.82, 2.24) is 5.32 Å². The highest BCUT2D eigenvalue weighted by atomic mass is 35.5. The number of amides is 2. The van der Waals surface area contributed by atoms with E-state index in [-0.39, 0.29) is 37.4 Å². The SMILES string of the molecule is COC(=O)CCCOc1ccc(NC(=O)CNC(=O)CN)cc1.Cl. The number of benzene rings is 1. The van der Waals surface area contributed by atoms with E-state index in [1.807, 2.05) is 0 Å². The lowest BCUT2D eigenvalue weighted by Gasteiger charge is -2.08. The number of nitrogens with two attached hydrogens (primary N) is 1. The van der Waals surface area contributed by atoms with Crippen LogP contribution in [-0.2, 0) is 19.1 Å². The summed E-state index contributed by atoms with van der Waals surface area (Å²) in [6.07, 6.45) is 0.866. The van der Waals surface area contributed by atoms with Crippen molar-refractivity contribution >= 4 is 35.9 Å². The molecular weight excluding hydrogens is 338 g/mol. The number of esters is 1. The fourth-order valence-electron chi connectivity index (χ4n) is 1.60. The Bertz CT molecular complexity index is 536. The number of ether oxygens (including phenoxy) is 2. The van der Waals surface area contributed by atoms with Crippen molar-refractivity contribution in [3.63, 3.8) is 0 Å². The summed E-state index contributed by atoms with van der Waals surface area (Å²) >= 11 is 0. The van der Waals surface area contributed by atoms with Crippen LogP contribution < -0.4 is 21.1 Å². The lowest BCUT2D eigenvalue weighted by atomic mass is 10.3. The summed E-state index contributed by atoms with van der Waals surface area (Å²) in [5.41, 5.74) is 5.70. The molecule has 0 aliphatic carbocycles. The predicted molar refractivity (Wildman–Crippen MR) is 91.1 cm³/mol. The summed E-state index contributed by atoms with van der Waals surface area (Å²) < 4.78 is 9.99. The highest BCUT2D eigenvalue weighted by molar-refractivity contribution is 5.94. The van der Waals surface area contributed by atoms with E-state index >= 15 is 0 Å². The second kappa shape index (κ2) is 12.1. The molecule has 1 aromatic rings. The van der Waals surface area contributed by atoms with Crippen LogP contribution in [0.25, 0.3) is 0 Å². The lowest BCUT2D eigenvalue weighted by molar-refractivity contribution is -0.140. The van der Waals surface area contributed by atoms with Crippen molar-refractivity contribution in [1.29, 1.82) is 0 Å². The molecule has 1 aromatic carbocycles. The molecule has 1 rings (SSSR count). The fraction of sp³-hybridized carbons (Fsp3) is 0.400. The summed E-state index contributed by atoms with van der Waals surface area (Å²) in [6.45, 7) is 0.100. The summed E-state index contributed by atoms with van der Waals surface area (Å²) in [5.74, 6) is -0.382. The van der Waals surface area contributed by atoms with Gasteiger partial charge in [0.25, 0.3) is 0 Å². The first-order valence-electron chi connectivity index (χ1n) is 7.11. The molecular formula is C15H22ClN3O5. The van der Waals surface area contributed by atoms with Crippen LogP contribution in [0.15, 0.2) is 24.3 Å². The van der Waals surface area contributed by atoms with E-state index < -0.39 is 5.91 Å². The maximum absolute atomic E-state index is 11.6. The number of carbonyl (C=O) groups excluding carboxylic acids is 3. The fourth-order valence-corrected chi connectivity index (χ4v) is 1.60. The molecule has 0 fully saturated rings. The molecule has 0 spiro atoms. The number of methoxy groups -OCH3 is 1. The van der Waals surface area contributed by atoms with Crippen LogP contribution in [0.2, 0.25) is 0 Å². The van der Waals surface area contributed by atoms with Gasteiger partial charge in [0.2, 0.25) is 11.8 Å². The molecule has 0 aliphatic heterocycles. The molecule has 4 N–H and O–H groups in total. The number of halogens is 1. The van der Waals surface area contributed by atoms with E-state index in [1.54, 1.807) is 24.3 Å². The minimum absolute atomic E-state index is 0. The van der Waals surface area contributed by atoms with Gasteiger partial charge < -0.3 is 25.8 Å². The second-order valence-electron chi connectivity index (χ2n) is 4.58. The minimum Gasteiger partial charge on any atom is -0.494 e. The molecule has 0 aliphatic rings. The van der Waals surface area contributed by atoms with Crippen LogP contribution >= 0.6 is 12.4 Å². The van der Waals surface area contributed by atoms with Gasteiger partial charge in [-0.1, -0.05) is 0 Å². The third-order valence-corrected chi connectivity index (χ3v) is 2.79. The predicted octanol–water partition coefficient (Wildman–Crippen LogP) is 0.454. The van der Waals surface area contributed by atoms with Crippen molar-refractivity contribution in [2.45, 2.75) is 12.8 Å². The van der Waals surface area contributed by atoms with E-state index in [0.717, 1.165) is 0 Å². The van der Waals surface area contributed by atoms with Crippen LogP contribution in [0.3, 0.4) is 0 Å². The lowest BCUT2D eigenvalue weighted by Crippen LogP contribution is -2.36. The van der Waals surface area contributed by atoms with Gasteiger partial charge in [-0.3, -0.25) is 14.4 Å². The highest BCUT2D eigenvalue weighted by Crippen LogP contribution is 2.15. The Balaban J connectivity index is 0.00000529. The number of hydrogen-bond acceptors (Lipinski definition) is 6. The number of anilines is 1. The average Bonchev–Trinajstić information content (AvgIpc) is 2.57. The largest absolute Gasteiger partial charge is 0.494 e. The van der Waals surface area contributed by atoms with Crippen molar-refractivity contribution < 1.29 is 23.9 Å². The summed E-state index contributed by atoms with van der Waals surface area (Å²) in [4.78, 5) is 33.5. The van der Waals surface area contributed by atoms with E-state index in [2.05, 4.69) is 15.4 Å². The van der Waals surface area contributed by atoms with E-state index in [9.17, 15) is 14.4 Å². The van der Waals surface area contributed by atoms with Gasteiger partial charge in [-0.25, -0.2) is 0 Å². The zero-order chi connectivity index (χ0) is 17.1. The molecule has 0 unspecified atom stereocenters. The quantitative estimate of drug-likeness (QED) is 0.435. The first-order chi connectivity index (χ1) is 11.0. The normalized spacial score (nSPS) is 9.42. The number of rotatable bonds is 9. The van der Waals surface area contributed by atoms with Crippen molar-refractivity contribution in [3.8, 4) is 5.75 Å². The molecule has 0 saturated heterocycles. The van der Waals surface area contributed by atoms with Gasteiger partial charge in [0.1, 0.15) is 5.75 Å². The first-order valence-corrected chi connectivity index (χ1v) is 7.11. The average molecular weight is 360 g/mol. The van der Waals surface area contributed by atoms with Gasteiger partial charge in [-0.15, -0.1) is 12.4 Å². The smallest absolute Gasteiger partial charge is 0.305 e. The third kappa shape index (κ3) is 8.96. The third-order valence-electron chi connectivity index (χ3n) is 2.79. The first kappa shape index (κ1) is 21.7. The molecule has 0 heterocycles. The molecule has 9 heteroatoms. The van der Waals surface area contributed by atoms with E-state index in [0.29, 0.717) is 30.9 Å². The standard InChI is InChI=1S/C15H21N3O5.ClH/c1-22-15(21)3-2-8-23-12-6-4-11(5-7-12)18-14(20)10-17-13(19)9-16;/h4-7H,2-3,8-10,16H2,1H3,(H,17,19)(H,18,20);1H. The molecule has 0 aromatic heterocycles. The summed E-state index contributed by atoms with van der Waals surface area (Å²) in [6, 6.07) is 6.76. The van der Waals surface area contributed by atoms with Crippen LogP contribution in [0, 0.1) is 0 Å². The zero-order valence-corrected chi connectivity index (χ0v) is 14.2. The Morgan fingerprint density at radius 3 is 2.38 bits per heavy atom. The highest BCUT2D eigenvalue weighted by Gasteiger charge is 2.05. The van der Waals surface area contributed by atoms with E-state index in [1.165, 1.54) is 7.11 Å². The number of hydrogen-bond donors (Lipinski definition) is 3. The topological polar surface area (TPSA) is 120 Å². The maximum Gasteiger partial charge on any atom is 0.305 e. The van der Waals surface area contributed by atoms with Gasteiger partial charge in [0.15, 0.2) is 0 Å². The Kier molecular flexibility index (Phi) is 11.0. The van der Waals surface area contributed by atoms with Crippen LogP contribution in [-0.4, -0.2) is 44.6 Å². The molecule has 24 heavy (non-hydrogen) atoms. The van der Waals surface area contributed by atoms with Gasteiger partial charge in [-0.05, 0) is 30.7 Å². The van der Waals surface area contributed by atoms with Gasteiger partial charge in [-0.2, -0.15) is 0 Å². The Hall–Kier alpha value is -2.32. The molecule has 134 valence electrons. The summed E-state index contributed by atoms with van der Waals surface area (Å²) in [5, 5.41) is 5.00. The Morgan fingerprint density at radius 2 is 1.79 bits per heavy atom. The van der Waals surface area contributed by atoms with E-state index in [4.69, 9.17) is 10.5 Å². The Morgan fingerprint density at radius 1 is 1.12 bits per heavy atom. The molecule has 8 nitrogen and oxygen atoms in total. The minimum atomic E-state index is -0.393. The van der Waals surface area contributed by atoms with Crippen molar-refractivity contribution in [2.24, 2.45) is 5.73 Å². The molecule has 0 atom stereocenters. The zero-order valence-electron chi connectivity index (χ0n) is 13.4. The maximum atomic E-state index is 11.6. The monoisotopic (exact) mass is 359 g/mol. The van der Waals surface area contributed by atoms with Gasteiger partial charge in [0, 0.05) is 12.1 Å². The molecule has 0 bridgehead atoms. The van der Waals surface area contributed by atoms with Gasteiger partial charge >= 0.3 is 5.97 Å². The van der Waals surface area contributed by atoms with Crippen LogP contribution in [0.4, 0.5) is 5.69 Å². The van der Waals surface area contributed by atoms with Crippen molar-refractivity contribution in [3.05, 3.63) is 24.3 Å². The van der Waals surface area contributed by atoms with Gasteiger partial charge in [0.05, 0.1) is 26.8 Å². The molecule has 0 radical (unpaired) electrons. The van der Waals surface area contributed by atoms with Crippen LogP contribution in [0.5, 0.6) is 5.75 Å². The summed E-state index contributed by atoms with van der Waals surface area (Å²) in [7, 11) is 1.34. The number of nitrogens with one attached hydrogen (secondary N) is 2. The Labute approximate surface area is 146 Å². The molecule has 2 amide bonds. The van der Waals surface area contributed by atoms with Crippen molar-refractivity contribution in [2.75, 3.05) is 32.1 Å².